The molecule has 1 aromatic heterocycles. The SMILES string of the molecule is CCOc1cc(-c2c(C(=O)O)c(N)[nH]c(=O)c2C(=O)O)c(Cl)cc1OCC(N)=O. The number of H-pyrrole nitrogens is 1. The minimum absolute atomic E-state index is 0.00552. The van der Waals surface area contributed by atoms with Crippen LogP contribution in [0.5, 0.6) is 11.5 Å². The number of aromatic carboxylic acids is 2. The van der Waals surface area contributed by atoms with E-state index in [0.29, 0.717) is 0 Å². The number of hydrogen-bond acceptors (Lipinski definition) is 7. The Morgan fingerprint density at radius 1 is 1.10 bits per heavy atom. The minimum Gasteiger partial charge on any atom is -0.490 e. The fourth-order valence-corrected chi connectivity index (χ4v) is 2.82. The second kappa shape index (κ2) is 8.52. The van der Waals surface area contributed by atoms with Crippen molar-refractivity contribution in [2.75, 3.05) is 18.9 Å². The van der Waals surface area contributed by atoms with Crippen LogP contribution in [0.4, 0.5) is 5.82 Å². The third-order valence-corrected chi connectivity index (χ3v) is 3.96. The van der Waals surface area contributed by atoms with Gasteiger partial charge in [0, 0.05) is 17.2 Å². The molecule has 1 aromatic carbocycles. The zero-order valence-electron chi connectivity index (χ0n) is 14.9. The second-order valence-corrected chi connectivity index (χ2v) is 5.98. The Labute approximate surface area is 167 Å². The molecule has 0 aliphatic rings. The summed E-state index contributed by atoms with van der Waals surface area (Å²) in [6.07, 6.45) is 0. The van der Waals surface area contributed by atoms with Crippen LogP contribution in [-0.4, -0.2) is 46.3 Å². The van der Waals surface area contributed by atoms with Gasteiger partial charge in [0.2, 0.25) is 0 Å². The summed E-state index contributed by atoms with van der Waals surface area (Å²) in [5, 5.41) is 18.8. The van der Waals surface area contributed by atoms with E-state index in [1.165, 1.54) is 12.1 Å². The molecule has 0 fully saturated rings. The maximum absolute atomic E-state index is 12.2. The number of hydrogen-bond donors (Lipinski definition) is 5. The summed E-state index contributed by atoms with van der Waals surface area (Å²) >= 11 is 6.22. The number of pyridine rings is 1. The minimum atomic E-state index is -1.69. The summed E-state index contributed by atoms with van der Waals surface area (Å²) in [7, 11) is 0. The number of carbonyl (C=O) groups is 3. The third kappa shape index (κ3) is 4.41. The van der Waals surface area contributed by atoms with E-state index in [-0.39, 0.29) is 28.7 Å². The van der Waals surface area contributed by atoms with Crippen molar-refractivity contribution >= 4 is 35.3 Å². The monoisotopic (exact) mass is 425 g/mol. The smallest absolute Gasteiger partial charge is 0.342 e. The van der Waals surface area contributed by atoms with Crippen LogP contribution in [0.1, 0.15) is 27.6 Å². The van der Waals surface area contributed by atoms with Crippen LogP contribution < -0.4 is 26.5 Å². The van der Waals surface area contributed by atoms with Gasteiger partial charge >= 0.3 is 11.9 Å². The van der Waals surface area contributed by atoms with Crippen molar-refractivity contribution in [3.63, 3.8) is 0 Å². The molecular formula is C17H16ClN3O8. The molecule has 0 spiro atoms. The number of benzene rings is 1. The van der Waals surface area contributed by atoms with E-state index >= 15 is 0 Å². The van der Waals surface area contributed by atoms with Gasteiger partial charge in [-0.2, -0.15) is 0 Å². The first-order chi connectivity index (χ1) is 13.6. The zero-order chi connectivity index (χ0) is 21.9. The molecule has 0 bridgehead atoms. The van der Waals surface area contributed by atoms with Gasteiger partial charge in [-0.3, -0.25) is 9.59 Å². The highest BCUT2D eigenvalue weighted by Gasteiger charge is 2.29. The fourth-order valence-electron chi connectivity index (χ4n) is 2.57. The average molecular weight is 426 g/mol. The lowest BCUT2D eigenvalue weighted by Crippen LogP contribution is -2.24. The van der Waals surface area contributed by atoms with E-state index < -0.39 is 52.5 Å². The summed E-state index contributed by atoms with van der Waals surface area (Å²) < 4.78 is 10.6. The molecule has 0 radical (unpaired) electrons. The number of nitrogens with two attached hydrogens (primary N) is 2. The largest absolute Gasteiger partial charge is 0.490 e. The first-order valence-electron chi connectivity index (χ1n) is 7.98. The number of aromatic nitrogens is 1. The van der Waals surface area contributed by atoms with Gasteiger partial charge in [-0.05, 0) is 13.0 Å². The lowest BCUT2D eigenvalue weighted by Gasteiger charge is -2.17. The third-order valence-electron chi connectivity index (χ3n) is 3.64. The van der Waals surface area contributed by atoms with E-state index in [4.69, 9.17) is 32.5 Å². The molecular weight excluding hydrogens is 410 g/mol. The fraction of sp³-hybridized carbons (Fsp3) is 0.176. The van der Waals surface area contributed by atoms with E-state index in [2.05, 4.69) is 0 Å². The topological polar surface area (TPSA) is 195 Å². The zero-order valence-corrected chi connectivity index (χ0v) is 15.7. The van der Waals surface area contributed by atoms with Gasteiger partial charge in [0.15, 0.2) is 18.1 Å². The van der Waals surface area contributed by atoms with Gasteiger partial charge in [-0.25, -0.2) is 9.59 Å². The molecule has 2 aromatic rings. The Morgan fingerprint density at radius 2 is 1.69 bits per heavy atom. The number of aromatic amines is 1. The highest BCUT2D eigenvalue weighted by atomic mass is 35.5. The van der Waals surface area contributed by atoms with Gasteiger partial charge in [-0.1, -0.05) is 11.6 Å². The Morgan fingerprint density at radius 3 is 2.21 bits per heavy atom. The molecule has 7 N–H and O–H groups in total. The van der Waals surface area contributed by atoms with Crippen LogP contribution >= 0.6 is 11.6 Å². The number of ether oxygens (including phenoxy) is 2. The number of nitrogen functional groups attached to an aromatic ring is 1. The maximum atomic E-state index is 12.2. The van der Waals surface area contributed by atoms with Crippen molar-refractivity contribution in [2.45, 2.75) is 6.92 Å². The van der Waals surface area contributed by atoms with Crippen molar-refractivity contribution in [2.24, 2.45) is 5.73 Å². The predicted molar refractivity (Wildman–Crippen MR) is 102 cm³/mol. The average Bonchev–Trinajstić information content (AvgIpc) is 2.60. The van der Waals surface area contributed by atoms with Crippen molar-refractivity contribution in [3.8, 4) is 22.6 Å². The van der Waals surface area contributed by atoms with Crippen molar-refractivity contribution < 1.29 is 34.1 Å². The predicted octanol–water partition coefficient (Wildman–Crippen LogP) is 0.937. The summed E-state index contributed by atoms with van der Waals surface area (Å²) in [5.41, 5.74) is 7.37. The molecule has 29 heavy (non-hydrogen) atoms. The Balaban J connectivity index is 2.88. The molecule has 0 saturated heterocycles. The van der Waals surface area contributed by atoms with Crippen LogP contribution in [0, 0.1) is 0 Å². The van der Waals surface area contributed by atoms with E-state index in [9.17, 15) is 29.4 Å². The molecule has 2 rings (SSSR count). The van der Waals surface area contributed by atoms with Crippen molar-refractivity contribution in [3.05, 3.63) is 38.6 Å². The first kappa shape index (κ1) is 21.6. The second-order valence-electron chi connectivity index (χ2n) is 5.57. The number of halogens is 1. The van der Waals surface area contributed by atoms with Crippen molar-refractivity contribution in [1.82, 2.24) is 4.98 Å². The molecule has 1 heterocycles. The van der Waals surface area contributed by atoms with Gasteiger partial charge in [0.1, 0.15) is 16.9 Å². The van der Waals surface area contributed by atoms with Gasteiger partial charge in [0.05, 0.1) is 11.6 Å². The summed E-state index contributed by atoms with van der Waals surface area (Å²) in [6, 6.07) is 2.37. The van der Waals surface area contributed by atoms with Crippen molar-refractivity contribution in [1.29, 1.82) is 0 Å². The molecule has 1 amide bonds. The van der Waals surface area contributed by atoms with E-state index in [1.807, 2.05) is 4.98 Å². The molecule has 154 valence electrons. The van der Waals surface area contributed by atoms with Crippen LogP contribution in [0.25, 0.3) is 11.1 Å². The van der Waals surface area contributed by atoms with Gasteiger partial charge < -0.3 is 36.1 Å². The maximum Gasteiger partial charge on any atom is 0.342 e. The number of primary amides is 1. The Hall–Kier alpha value is -3.73. The van der Waals surface area contributed by atoms with Gasteiger partial charge in [0.25, 0.3) is 11.5 Å². The summed E-state index contributed by atoms with van der Waals surface area (Å²) in [4.78, 5) is 48.5. The lowest BCUT2D eigenvalue weighted by atomic mass is 9.95. The van der Waals surface area contributed by atoms with Crippen LogP contribution in [0.15, 0.2) is 16.9 Å². The molecule has 11 nitrogen and oxygen atoms in total. The van der Waals surface area contributed by atoms with Crippen LogP contribution in [-0.2, 0) is 4.79 Å². The number of carboxylic acid groups (broad SMARTS) is 2. The number of nitrogens with one attached hydrogen (secondary N) is 1. The normalized spacial score (nSPS) is 10.4. The molecule has 0 atom stereocenters. The molecule has 0 aliphatic heterocycles. The number of carbonyl (C=O) groups excluding carboxylic acids is 1. The lowest BCUT2D eigenvalue weighted by molar-refractivity contribution is -0.119. The number of amides is 1. The number of carboxylic acids is 2. The van der Waals surface area contributed by atoms with E-state index in [0.717, 1.165) is 0 Å². The quantitative estimate of drug-likeness (QED) is 0.408. The Kier molecular flexibility index (Phi) is 6.34. The molecule has 12 heteroatoms. The first-order valence-corrected chi connectivity index (χ1v) is 8.36. The summed E-state index contributed by atoms with van der Waals surface area (Å²) in [6.45, 7) is 1.29. The number of anilines is 1. The Bertz CT molecular complexity index is 1060. The molecule has 0 aliphatic carbocycles. The highest BCUT2D eigenvalue weighted by Crippen LogP contribution is 2.41. The highest BCUT2D eigenvalue weighted by molar-refractivity contribution is 6.34. The summed E-state index contributed by atoms with van der Waals surface area (Å²) in [5.74, 6) is -4.57. The standard InChI is InChI=1S/C17H16ClN3O8/c1-2-28-8-3-6(7(18)4-9(8)29-5-10(19)22)11-12(16(24)25)14(20)21-15(23)13(11)17(26)27/h3-4H,2,5H2,1H3,(H2,19,22)(H,24,25)(H,26,27)(H3,20,21,23). The molecule has 0 saturated carbocycles. The van der Waals surface area contributed by atoms with E-state index in [1.54, 1.807) is 6.92 Å². The van der Waals surface area contributed by atoms with Crippen LogP contribution in [0.2, 0.25) is 5.02 Å². The van der Waals surface area contributed by atoms with Crippen LogP contribution in [0.3, 0.4) is 0 Å². The molecule has 0 unspecified atom stereocenters. The van der Waals surface area contributed by atoms with Gasteiger partial charge in [-0.15, -0.1) is 0 Å². The number of rotatable bonds is 8.